The van der Waals surface area contributed by atoms with Gasteiger partial charge in [0.2, 0.25) is 0 Å². The summed E-state index contributed by atoms with van der Waals surface area (Å²) in [5.41, 5.74) is 1.21. The minimum absolute atomic E-state index is 0.0421. The normalized spacial score (nSPS) is 18.4. The van der Waals surface area contributed by atoms with Crippen molar-refractivity contribution in [1.82, 2.24) is 4.90 Å². The number of Topliss-reactive ketones (excluding diaryl/α,β-unsaturated/α-hetero) is 1. The molecule has 106 valence electrons. The molecule has 0 bridgehead atoms. The highest BCUT2D eigenvalue weighted by Crippen LogP contribution is 2.23. The van der Waals surface area contributed by atoms with Crippen molar-refractivity contribution in [3.05, 3.63) is 45.5 Å². The Morgan fingerprint density at radius 2 is 2.15 bits per heavy atom. The molecule has 0 N–H and O–H groups in total. The van der Waals surface area contributed by atoms with E-state index in [1.54, 1.807) is 24.3 Å². The van der Waals surface area contributed by atoms with Crippen molar-refractivity contribution in [1.29, 1.82) is 0 Å². The van der Waals surface area contributed by atoms with Crippen LogP contribution in [0.3, 0.4) is 0 Å². The highest BCUT2D eigenvalue weighted by Gasteiger charge is 2.22. The third-order valence-corrected chi connectivity index (χ3v) is 3.41. The van der Waals surface area contributed by atoms with Gasteiger partial charge in [-0.15, -0.1) is 0 Å². The minimum Gasteiger partial charge on any atom is -0.299 e. The van der Waals surface area contributed by atoms with Crippen molar-refractivity contribution < 1.29 is 9.72 Å². The van der Waals surface area contributed by atoms with Crippen LogP contribution in [0, 0.1) is 10.1 Å². The van der Waals surface area contributed by atoms with E-state index in [4.69, 9.17) is 0 Å². The molecule has 1 heterocycles. The van der Waals surface area contributed by atoms with Gasteiger partial charge in [-0.05, 0) is 25.1 Å². The molecule has 0 saturated carbocycles. The third-order valence-electron chi connectivity index (χ3n) is 3.41. The first-order valence-corrected chi connectivity index (χ1v) is 6.81. The molecule has 0 radical (unpaired) electrons. The molecular formula is C15H18N2O3. The molecule has 0 spiro atoms. The van der Waals surface area contributed by atoms with Gasteiger partial charge in [-0.25, -0.2) is 0 Å². The predicted octanol–water partition coefficient (Wildman–Crippen LogP) is 2.66. The Hall–Kier alpha value is -2.01. The molecule has 0 amide bonds. The van der Waals surface area contributed by atoms with Gasteiger partial charge >= 0.3 is 0 Å². The first-order chi connectivity index (χ1) is 9.61. The number of hydrogen-bond donors (Lipinski definition) is 0. The number of hydrogen-bond acceptors (Lipinski definition) is 4. The first-order valence-electron chi connectivity index (χ1n) is 6.81. The van der Waals surface area contributed by atoms with Crippen LogP contribution in [0.15, 0.2) is 29.8 Å². The second-order valence-corrected chi connectivity index (χ2v) is 4.93. The predicted molar refractivity (Wildman–Crippen MR) is 77.4 cm³/mol. The lowest BCUT2D eigenvalue weighted by Gasteiger charge is -2.27. The topological polar surface area (TPSA) is 63.5 Å². The summed E-state index contributed by atoms with van der Waals surface area (Å²) >= 11 is 0. The van der Waals surface area contributed by atoms with Crippen LogP contribution in [-0.2, 0) is 4.79 Å². The zero-order valence-electron chi connectivity index (χ0n) is 11.5. The first kappa shape index (κ1) is 14.4. The number of para-hydroxylation sites is 1. The van der Waals surface area contributed by atoms with Crippen LogP contribution in [-0.4, -0.2) is 35.2 Å². The molecule has 0 aliphatic carbocycles. The van der Waals surface area contributed by atoms with Crippen molar-refractivity contribution in [2.75, 3.05) is 19.6 Å². The van der Waals surface area contributed by atoms with Gasteiger partial charge in [-0.2, -0.15) is 0 Å². The standard InChI is InChI=1S/C15H18N2O3/c1-2-8-16-9-7-15(18)13(11-16)10-12-5-3-4-6-14(12)17(19)20/h3-6,10H,2,7-9,11H2,1H3/b13-10+. The summed E-state index contributed by atoms with van der Waals surface area (Å²) in [7, 11) is 0. The van der Waals surface area contributed by atoms with Crippen LogP contribution in [0.5, 0.6) is 0 Å². The summed E-state index contributed by atoms with van der Waals surface area (Å²) in [6.07, 6.45) is 3.20. The number of ketones is 1. The van der Waals surface area contributed by atoms with Gasteiger partial charge in [0.1, 0.15) is 0 Å². The van der Waals surface area contributed by atoms with E-state index in [-0.39, 0.29) is 11.5 Å². The average Bonchev–Trinajstić information content (AvgIpc) is 2.43. The highest BCUT2D eigenvalue weighted by molar-refractivity contribution is 6.01. The maximum atomic E-state index is 12.0. The minimum atomic E-state index is -0.413. The van der Waals surface area contributed by atoms with E-state index >= 15 is 0 Å². The van der Waals surface area contributed by atoms with E-state index in [2.05, 4.69) is 11.8 Å². The number of benzene rings is 1. The summed E-state index contributed by atoms with van der Waals surface area (Å²) in [5.74, 6) is 0.0931. The smallest absolute Gasteiger partial charge is 0.276 e. The van der Waals surface area contributed by atoms with Crippen LogP contribution < -0.4 is 0 Å². The second kappa shape index (κ2) is 6.43. The van der Waals surface area contributed by atoms with E-state index in [9.17, 15) is 14.9 Å². The number of nitrogens with zero attached hydrogens (tertiary/aromatic N) is 2. The number of nitro benzene ring substituents is 1. The number of rotatable bonds is 4. The maximum absolute atomic E-state index is 12.0. The van der Waals surface area contributed by atoms with E-state index in [0.29, 0.717) is 24.1 Å². The number of nitro groups is 1. The summed E-state index contributed by atoms with van der Waals surface area (Å²) in [6.45, 7) is 4.41. The molecule has 5 nitrogen and oxygen atoms in total. The SMILES string of the molecule is CCCN1CCC(=O)/C(=C/c2ccccc2[N+](=O)[O-])C1. The van der Waals surface area contributed by atoms with Gasteiger partial charge in [0.05, 0.1) is 10.5 Å². The lowest BCUT2D eigenvalue weighted by molar-refractivity contribution is -0.385. The van der Waals surface area contributed by atoms with Crippen LogP contribution in [0.25, 0.3) is 6.08 Å². The fourth-order valence-electron chi connectivity index (χ4n) is 2.43. The molecular weight excluding hydrogens is 256 g/mol. The van der Waals surface area contributed by atoms with Crippen molar-refractivity contribution >= 4 is 17.5 Å². The Labute approximate surface area is 118 Å². The quantitative estimate of drug-likeness (QED) is 0.481. The van der Waals surface area contributed by atoms with Gasteiger partial charge in [-0.3, -0.25) is 19.8 Å². The van der Waals surface area contributed by atoms with Gasteiger partial charge in [-0.1, -0.05) is 19.1 Å². The van der Waals surface area contributed by atoms with Crippen LogP contribution in [0.1, 0.15) is 25.3 Å². The largest absolute Gasteiger partial charge is 0.299 e. The Morgan fingerprint density at radius 3 is 2.85 bits per heavy atom. The van der Waals surface area contributed by atoms with Crippen molar-refractivity contribution in [3.8, 4) is 0 Å². The lowest BCUT2D eigenvalue weighted by atomic mass is 9.99. The molecule has 1 saturated heterocycles. The molecule has 1 aromatic carbocycles. The Kier molecular flexibility index (Phi) is 4.63. The van der Waals surface area contributed by atoms with Crippen LogP contribution in [0.2, 0.25) is 0 Å². The van der Waals surface area contributed by atoms with Gasteiger partial charge in [0.15, 0.2) is 5.78 Å². The van der Waals surface area contributed by atoms with Crippen molar-refractivity contribution in [3.63, 3.8) is 0 Å². The fourth-order valence-corrected chi connectivity index (χ4v) is 2.43. The summed E-state index contributed by atoms with van der Waals surface area (Å²) in [5, 5.41) is 11.0. The summed E-state index contributed by atoms with van der Waals surface area (Å²) in [6, 6.07) is 6.52. The number of likely N-dealkylation sites (tertiary alicyclic amines) is 1. The van der Waals surface area contributed by atoms with E-state index in [1.165, 1.54) is 6.07 Å². The number of carbonyl (C=O) groups excluding carboxylic acids is 1. The summed E-state index contributed by atoms with van der Waals surface area (Å²) in [4.78, 5) is 24.8. The van der Waals surface area contributed by atoms with Gasteiger partial charge in [0, 0.05) is 31.1 Å². The Bertz CT molecular complexity index is 552. The Morgan fingerprint density at radius 1 is 1.40 bits per heavy atom. The summed E-state index contributed by atoms with van der Waals surface area (Å²) < 4.78 is 0. The molecule has 0 atom stereocenters. The zero-order valence-corrected chi connectivity index (χ0v) is 11.5. The molecule has 2 rings (SSSR count). The molecule has 20 heavy (non-hydrogen) atoms. The lowest BCUT2D eigenvalue weighted by Crippen LogP contribution is -2.36. The fraction of sp³-hybridized carbons (Fsp3) is 0.400. The van der Waals surface area contributed by atoms with Gasteiger partial charge in [0.25, 0.3) is 5.69 Å². The van der Waals surface area contributed by atoms with Crippen LogP contribution >= 0.6 is 0 Å². The molecule has 1 fully saturated rings. The highest BCUT2D eigenvalue weighted by atomic mass is 16.6. The van der Waals surface area contributed by atoms with Gasteiger partial charge < -0.3 is 0 Å². The second-order valence-electron chi connectivity index (χ2n) is 4.93. The molecule has 1 aliphatic rings. The average molecular weight is 274 g/mol. The van der Waals surface area contributed by atoms with E-state index < -0.39 is 4.92 Å². The molecule has 1 aliphatic heterocycles. The molecule has 0 unspecified atom stereocenters. The third kappa shape index (κ3) is 3.30. The van der Waals surface area contributed by atoms with E-state index in [0.717, 1.165) is 19.5 Å². The van der Waals surface area contributed by atoms with Crippen LogP contribution in [0.4, 0.5) is 5.69 Å². The van der Waals surface area contributed by atoms with E-state index in [1.807, 2.05) is 0 Å². The zero-order chi connectivity index (χ0) is 14.5. The number of piperidine rings is 1. The number of carbonyl (C=O) groups is 1. The molecule has 5 heteroatoms. The maximum Gasteiger partial charge on any atom is 0.276 e. The Balaban J connectivity index is 2.28. The van der Waals surface area contributed by atoms with Crippen molar-refractivity contribution in [2.45, 2.75) is 19.8 Å². The van der Waals surface area contributed by atoms with Crippen molar-refractivity contribution in [2.24, 2.45) is 0 Å². The molecule has 0 aromatic heterocycles. The monoisotopic (exact) mass is 274 g/mol. The molecule has 1 aromatic rings.